The van der Waals surface area contributed by atoms with E-state index in [0.717, 1.165) is 22.4 Å². The summed E-state index contributed by atoms with van der Waals surface area (Å²) >= 11 is 0. The zero-order chi connectivity index (χ0) is 24.2. The SMILES string of the molecule is Cc1ccccc1OCc1nc2c3c(ncn2n1)OC1=C(C(=O)CC(C)(C)C1)[C@@H]3c1ccccc1. The lowest BCUT2D eigenvalue weighted by molar-refractivity contribution is -0.118. The summed E-state index contributed by atoms with van der Waals surface area (Å²) in [5, 5.41) is 4.60. The number of allylic oxidation sites excluding steroid dienone is 2. The molecule has 0 saturated carbocycles. The lowest BCUT2D eigenvalue weighted by Crippen LogP contribution is -2.33. The van der Waals surface area contributed by atoms with Crippen LogP contribution >= 0.6 is 0 Å². The molecular formula is C28H26N4O3. The normalized spacial score (nSPS) is 18.7. The molecule has 1 atom stereocenters. The molecule has 4 aromatic rings. The maximum absolute atomic E-state index is 13.4. The Hall–Kier alpha value is -4.00. The molecule has 3 heterocycles. The van der Waals surface area contributed by atoms with Crippen molar-refractivity contribution >= 4 is 11.4 Å². The quantitative estimate of drug-likeness (QED) is 0.412. The van der Waals surface area contributed by atoms with Crippen LogP contribution in [0.25, 0.3) is 5.65 Å². The molecule has 0 fully saturated rings. The first-order valence-electron chi connectivity index (χ1n) is 11.8. The Bertz CT molecular complexity index is 1490. The highest BCUT2D eigenvalue weighted by Crippen LogP contribution is 2.50. The molecule has 7 heteroatoms. The first-order valence-corrected chi connectivity index (χ1v) is 11.8. The number of carbonyl (C=O) groups excluding carboxylic acids is 1. The van der Waals surface area contributed by atoms with E-state index < -0.39 is 0 Å². The molecule has 0 N–H and O–H groups in total. The van der Waals surface area contributed by atoms with Crippen LogP contribution in [0.5, 0.6) is 11.6 Å². The smallest absolute Gasteiger partial charge is 0.228 e. The largest absolute Gasteiger partial charge is 0.485 e. The molecule has 6 rings (SSSR count). The van der Waals surface area contributed by atoms with Gasteiger partial charge >= 0.3 is 0 Å². The number of para-hydroxylation sites is 1. The second-order valence-corrected chi connectivity index (χ2v) is 10.0. The molecule has 2 aromatic heterocycles. The van der Waals surface area contributed by atoms with Gasteiger partial charge in [0.05, 0.1) is 5.56 Å². The average molecular weight is 467 g/mol. The molecular weight excluding hydrogens is 440 g/mol. The zero-order valence-corrected chi connectivity index (χ0v) is 20.0. The Kier molecular flexibility index (Phi) is 4.95. The predicted octanol–water partition coefficient (Wildman–Crippen LogP) is 5.18. The number of nitrogens with zero attached hydrogens (tertiary/aromatic N) is 4. The van der Waals surface area contributed by atoms with Crippen LogP contribution in [0.2, 0.25) is 0 Å². The predicted molar refractivity (Wildman–Crippen MR) is 130 cm³/mol. The first kappa shape index (κ1) is 21.5. The van der Waals surface area contributed by atoms with Crippen molar-refractivity contribution in [1.82, 2.24) is 19.6 Å². The number of hydrogen-bond donors (Lipinski definition) is 0. The molecule has 0 spiro atoms. The summed E-state index contributed by atoms with van der Waals surface area (Å²) in [5.74, 6) is 2.32. The van der Waals surface area contributed by atoms with E-state index in [1.807, 2.05) is 61.5 Å². The van der Waals surface area contributed by atoms with Crippen molar-refractivity contribution in [3.8, 4) is 11.6 Å². The Morgan fingerprint density at radius 2 is 1.86 bits per heavy atom. The van der Waals surface area contributed by atoms with E-state index in [4.69, 9.17) is 14.5 Å². The Balaban J connectivity index is 1.46. The summed E-state index contributed by atoms with van der Waals surface area (Å²) in [6.45, 7) is 6.42. The highest BCUT2D eigenvalue weighted by molar-refractivity contribution is 6.00. The Labute approximate surface area is 203 Å². The van der Waals surface area contributed by atoms with Crippen molar-refractivity contribution < 1.29 is 14.3 Å². The fourth-order valence-corrected chi connectivity index (χ4v) is 5.09. The van der Waals surface area contributed by atoms with Gasteiger partial charge < -0.3 is 9.47 Å². The highest BCUT2D eigenvalue weighted by atomic mass is 16.5. The topological polar surface area (TPSA) is 78.6 Å². The van der Waals surface area contributed by atoms with E-state index in [1.54, 1.807) is 10.8 Å². The number of fused-ring (bicyclic) bond motifs is 3. The highest BCUT2D eigenvalue weighted by Gasteiger charge is 2.43. The fraction of sp³-hybridized carbons (Fsp3) is 0.286. The number of benzene rings is 2. The summed E-state index contributed by atoms with van der Waals surface area (Å²) < 4.78 is 13.9. The average Bonchev–Trinajstić information content (AvgIpc) is 3.25. The number of Topliss-reactive ketones (excluding diaryl/α,β-unsaturated/α-hetero) is 1. The van der Waals surface area contributed by atoms with E-state index >= 15 is 0 Å². The van der Waals surface area contributed by atoms with Crippen molar-refractivity contribution in [2.24, 2.45) is 5.41 Å². The first-order chi connectivity index (χ1) is 16.9. The third kappa shape index (κ3) is 3.77. The molecule has 0 unspecified atom stereocenters. The lowest BCUT2D eigenvalue weighted by Gasteiger charge is -2.37. The van der Waals surface area contributed by atoms with Crippen LogP contribution in [0, 0.1) is 12.3 Å². The minimum atomic E-state index is -0.316. The van der Waals surface area contributed by atoms with Gasteiger partial charge in [0.15, 0.2) is 17.3 Å². The molecule has 1 aliphatic carbocycles. The summed E-state index contributed by atoms with van der Waals surface area (Å²) in [6, 6.07) is 17.9. The zero-order valence-electron chi connectivity index (χ0n) is 20.0. The van der Waals surface area contributed by atoms with E-state index in [1.165, 1.54) is 0 Å². The summed E-state index contributed by atoms with van der Waals surface area (Å²) in [6.07, 6.45) is 2.78. The van der Waals surface area contributed by atoms with Gasteiger partial charge in [-0.05, 0) is 29.5 Å². The summed E-state index contributed by atoms with van der Waals surface area (Å²) in [5.41, 5.74) is 3.99. The molecule has 176 valence electrons. The minimum Gasteiger partial charge on any atom is -0.485 e. The van der Waals surface area contributed by atoms with Crippen LogP contribution in [0.15, 0.2) is 72.3 Å². The van der Waals surface area contributed by atoms with E-state index in [0.29, 0.717) is 41.5 Å². The second-order valence-electron chi connectivity index (χ2n) is 10.0. The number of carbonyl (C=O) groups is 1. The van der Waals surface area contributed by atoms with Gasteiger partial charge in [-0.15, -0.1) is 5.10 Å². The van der Waals surface area contributed by atoms with Crippen LogP contribution in [0.1, 0.15) is 55.1 Å². The molecule has 35 heavy (non-hydrogen) atoms. The van der Waals surface area contributed by atoms with Gasteiger partial charge in [0, 0.05) is 24.3 Å². The molecule has 2 aromatic carbocycles. The van der Waals surface area contributed by atoms with Crippen molar-refractivity contribution in [3.63, 3.8) is 0 Å². The molecule has 0 bridgehead atoms. The molecule has 1 aliphatic heterocycles. The van der Waals surface area contributed by atoms with Gasteiger partial charge in [-0.25, -0.2) is 14.5 Å². The van der Waals surface area contributed by atoms with Crippen LogP contribution in [-0.2, 0) is 11.4 Å². The Morgan fingerprint density at radius 3 is 2.66 bits per heavy atom. The van der Waals surface area contributed by atoms with Gasteiger partial charge in [0.1, 0.15) is 24.4 Å². The third-order valence-corrected chi connectivity index (χ3v) is 6.69. The van der Waals surface area contributed by atoms with E-state index in [9.17, 15) is 4.79 Å². The van der Waals surface area contributed by atoms with Crippen LogP contribution < -0.4 is 9.47 Å². The minimum absolute atomic E-state index is 0.111. The lowest BCUT2D eigenvalue weighted by atomic mass is 9.70. The molecule has 0 amide bonds. The van der Waals surface area contributed by atoms with Gasteiger partial charge in [-0.2, -0.15) is 0 Å². The van der Waals surface area contributed by atoms with Crippen molar-refractivity contribution in [1.29, 1.82) is 0 Å². The van der Waals surface area contributed by atoms with Crippen molar-refractivity contribution in [3.05, 3.63) is 94.8 Å². The summed E-state index contributed by atoms with van der Waals surface area (Å²) in [7, 11) is 0. The van der Waals surface area contributed by atoms with E-state index in [2.05, 4.69) is 23.9 Å². The van der Waals surface area contributed by atoms with Crippen molar-refractivity contribution in [2.75, 3.05) is 0 Å². The third-order valence-electron chi connectivity index (χ3n) is 6.69. The monoisotopic (exact) mass is 466 g/mol. The van der Waals surface area contributed by atoms with Crippen LogP contribution in [0.4, 0.5) is 0 Å². The number of rotatable bonds is 4. The molecule has 7 nitrogen and oxygen atoms in total. The fourth-order valence-electron chi connectivity index (χ4n) is 5.09. The maximum Gasteiger partial charge on any atom is 0.228 e. The van der Waals surface area contributed by atoms with Crippen molar-refractivity contribution in [2.45, 2.75) is 46.1 Å². The van der Waals surface area contributed by atoms with Gasteiger partial charge in [0.25, 0.3) is 0 Å². The molecule has 0 radical (unpaired) electrons. The number of hydrogen-bond acceptors (Lipinski definition) is 6. The standard InChI is InChI=1S/C28H26N4O3/c1-17-9-7-8-12-20(17)34-15-22-30-26-25-23(18-10-5-4-6-11-18)24-19(33)13-28(2,3)14-21(24)35-27(25)29-16-32(26)31-22/h4-12,16,23H,13-15H2,1-3H3/t23-/m0/s1. The number of ether oxygens (including phenoxy) is 2. The number of aryl methyl sites for hydroxylation is 1. The number of aromatic nitrogens is 4. The van der Waals surface area contributed by atoms with Gasteiger partial charge in [0.2, 0.25) is 5.88 Å². The maximum atomic E-state index is 13.4. The van der Waals surface area contributed by atoms with Gasteiger partial charge in [-0.1, -0.05) is 62.4 Å². The second kappa shape index (κ2) is 8.05. The summed E-state index contributed by atoms with van der Waals surface area (Å²) in [4.78, 5) is 22.8. The molecule has 0 saturated heterocycles. The van der Waals surface area contributed by atoms with Crippen LogP contribution in [0.3, 0.4) is 0 Å². The Morgan fingerprint density at radius 1 is 1.09 bits per heavy atom. The molecule has 2 aliphatic rings. The number of ketones is 1. The van der Waals surface area contributed by atoms with Gasteiger partial charge in [-0.3, -0.25) is 4.79 Å². The van der Waals surface area contributed by atoms with E-state index in [-0.39, 0.29) is 23.7 Å². The van der Waals surface area contributed by atoms with Crippen LogP contribution in [-0.4, -0.2) is 25.4 Å².